The first-order valence-corrected chi connectivity index (χ1v) is 8.61. The van der Waals surface area contributed by atoms with Crippen molar-refractivity contribution in [2.75, 3.05) is 14.1 Å². The number of nitrogens with zero attached hydrogens (tertiary/aromatic N) is 1. The zero-order valence-corrected chi connectivity index (χ0v) is 14.2. The van der Waals surface area contributed by atoms with E-state index in [2.05, 4.69) is 5.32 Å². The molecule has 2 aliphatic carbocycles. The molecule has 2 fully saturated rings. The summed E-state index contributed by atoms with van der Waals surface area (Å²) in [6, 6.07) is 0.118. The normalized spacial score (nSPS) is 35.7. The second-order valence-electron chi connectivity index (χ2n) is 7.61. The Hall–Kier alpha value is -1.10. The van der Waals surface area contributed by atoms with Crippen LogP contribution in [-0.2, 0) is 9.59 Å². The monoisotopic (exact) mass is 309 g/mol. The lowest BCUT2D eigenvalue weighted by molar-refractivity contribution is -0.135. The van der Waals surface area contributed by atoms with E-state index in [1.54, 1.807) is 19.0 Å². The molecule has 0 bridgehead atoms. The first kappa shape index (κ1) is 17.3. The van der Waals surface area contributed by atoms with Crippen LogP contribution in [0.3, 0.4) is 0 Å². The van der Waals surface area contributed by atoms with Gasteiger partial charge in [0, 0.05) is 31.6 Å². The number of nitrogens with one attached hydrogen (secondary N) is 1. The largest absolute Gasteiger partial charge is 0.353 e. The molecule has 4 atom stereocenters. The van der Waals surface area contributed by atoms with E-state index < -0.39 is 5.54 Å². The van der Waals surface area contributed by atoms with E-state index in [9.17, 15) is 9.59 Å². The highest BCUT2D eigenvalue weighted by atomic mass is 16.2. The lowest BCUT2D eigenvalue weighted by Crippen LogP contribution is -2.55. The lowest BCUT2D eigenvalue weighted by atomic mass is 9.74. The van der Waals surface area contributed by atoms with Crippen molar-refractivity contribution >= 4 is 11.8 Å². The lowest BCUT2D eigenvalue weighted by Gasteiger charge is -2.39. The molecule has 5 nitrogen and oxygen atoms in total. The Labute approximate surface area is 134 Å². The molecule has 126 valence electrons. The highest BCUT2D eigenvalue weighted by Crippen LogP contribution is 2.32. The highest BCUT2D eigenvalue weighted by Gasteiger charge is 2.39. The molecule has 0 saturated heterocycles. The van der Waals surface area contributed by atoms with Gasteiger partial charge in [-0.25, -0.2) is 0 Å². The molecule has 2 saturated carbocycles. The molecule has 4 unspecified atom stereocenters. The van der Waals surface area contributed by atoms with Crippen molar-refractivity contribution < 1.29 is 9.59 Å². The summed E-state index contributed by atoms with van der Waals surface area (Å²) in [6.45, 7) is 2.00. The third kappa shape index (κ3) is 4.00. The summed E-state index contributed by atoms with van der Waals surface area (Å²) in [5.74, 6) is 0.226. The van der Waals surface area contributed by atoms with Crippen LogP contribution in [0.1, 0.15) is 58.3 Å². The van der Waals surface area contributed by atoms with Crippen molar-refractivity contribution in [2.24, 2.45) is 17.6 Å². The van der Waals surface area contributed by atoms with Gasteiger partial charge in [0.05, 0.1) is 5.92 Å². The molecule has 0 aromatic carbocycles. The molecular formula is C17H31N3O2. The van der Waals surface area contributed by atoms with Gasteiger partial charge in [-0.15, -0.1) is 0 Å². The average Bonchev–Trinajstić information content (AvgIpc) is 2.46. The van der Waals surface area contributed by atoms with Gasteiger partial charge in [-0.1, -0.05) is 19.3 Å². The van der Waals surface area contributed by atoms with Crippen LogP contribution >= 0.6 is 0 Å². The molecule has 3 N–H and O–H groups in total. The maximum Gasteiger partial charge on any atom is 0.225 e. The molecule has 2 amide bonds. The Bertz CT molecular complexity index is 420. The molecule has 0 aromatic heterocycles. The highest BCUT2D eigenvalue weighted by molar-refractivity contribution is 5.81. The van der Waals surface area contributed by atoms with Crippen LogP contribution < -0.4 is 11.1 Å². The molecule has 0 aliphatic heterocycles. The minimum Gasteiger partial charge on any atom is -0.353 e. The Morgan fingerprint density at radius 2 is 1.86 bits per heavy atom. The topological polar surface area (TPSA) is 75.4 Å². The van der Waals surface area contributed by atoms with Gasteiger partial charge in [-0.2, -0.15) is 0 Å². The van der Waals surface area contributed by atoms with Gasteiger partial charge in [0.15, 0.2) is 0 Å². The second kappa shape index (κ2) is 6.99. The third-order valence-electron chi connectivity index (χ3n) is 5.38. The Balaban J connectivity index is 1.92. The van der Waals surface area contributed by atoms with Crippen molar-refractivity contribution in [1.82, 2.24) is 10.2 Å². The van der Waals surface area contributed by atoms with Crippen LogP contribution in [0.4, 0.5) is 0 Å². The summed E-state index contributed by atoms with van der Waals surface area (Å²) in [4.78, 5) is 26.4. The number of rotatable bonds is 3. The van der Waals surface area contributed by atoms with Crippen LogP contribution in [0.5, 0.6) is 0 Å². The maximum absolute atomic E-state index is 12.6. The quantitative estimate of drug-likeness (QED) is 0.832. The maximum atomic E-state index is 12.6. The van der Waals surface area contributed by atoms with Gasteiger partial charge >= 0.3 is 0 Å². The molecule has 0 spiro atoms. The standard InChI is InChI=1S/C17H31N3O2/c1-17(18)10-5-4-9-14(17)15(21)19-13-8-6-7-12(11-13)16(22)20(2)3/h12-14H,4-11,18H2,1-3H3,(H,19,21). The van der Waals surface area contributed by atoms with Crippen LogP contribution in [0.15, 0.2) is 0 Å². The van der Waals surface area contributed by atoms with Crippen LogP contribution in [-0.4, -0.2) is 42.4 Å². The molecule has 2 aliphatic rings. The van der Waals surface area contributed by atoms with Gasteiger partial charge in [0.25, 0.3) is 0 Å². The van der Waals surface area contributed by atoms with Crippen LogP contribution in [0.2, 0.25) is 0 Å². The Morgan fingerprint density at radius 1 is 1.14 bits per heavy atom. The second-order valence-corrected chi connectivity index (χ2v) is 7.61. The van der Waals surface area contributed by atoms with E-state index in [0.717, 1.165) is 51.4 Å². The fourth-order valence-electron chi connectivity index (χ4n) is 4.00. The summed E-state index contributed by atoms with van der Waals surface area (Å²) in [6.07, 6.45) is 7.65. The summed E-state index contributed by atoms with van der Waals surface area (Å²) >= 11 is 0. The van der Waals surface area contributed by atoms with E-state index in [4.69, 9.17) is 5.73 Å². The molecule has 0 heterocycles. The van der Waals surface area contributed by atoms with Crippen LogP contribution in [0, 0.1) is 11.8 Å². The van der Waals surface area contributed by atoms with Gasteiger partial charge in [-0.3, -0.25) is 9.59 Å². The Morgan fingerprint density at radius 3 is 2.50 bits per heavy atom. The number of hydrogen-bond donors (Lipinski definition) is 2. The first-order valence-electron chi connectivity index (χ1n) is 8.61. The van der Waals surface area contributed by atoms with E-state index in [1.807, 2.05) is 6.92 Å². The molecule has 0 aromatic rings. The number of amides is 2. The smallest absolute Gasteiger partial charge is 0.225 e. The van der Waals surface area contributed by atoms with Gasteiger partial charge in [0.1, 0.15) is 0 Å². The summed E-state index contributed by atoms with van der Waals surface area (Å²) in [7, 11) is 3.60. The molecule has 2 rings (SSSR count). The molecule has 0 radical (unpaired) electrons. The van der Waals surface area contributed by atoms with E-state index in [1.165, 1.54) is 0 Å². The van der Waals surface area contributed by atoms with Crippen molar-refractivity contribution in [3.05, 3.63) is 0 Å². The van der Waals surface area contributed by atoms with E-state index in [0.29, 0.717) is 0 Å². The molecular weight excluding hydrogens is 278 g/mol. The van der Waals surface area contributed by atoms with Crippen molar-refractivity contribution in [3.8, 4) is 0 Å². The zero-order valence-electron chi connectivity index (χ0n) is 14.2. The number of carbonyl (C=O) groups is 2. The van der Waals surface area contributed by atoms with Gasteiger partial charge in [-0.05, 0) is 39.0 Å². The molecule has 5 heteroatoms. The number of hydrogen-bond acceptors (Lipinski definition) is 3. The van der Waals surface area contributed by atoms with Crippen molar-refractivity contribution in [2.45, 2.75) is 69.9 Å². The summed E-state index contributed by atoms with van der Waals surface area (Å²) in [5.41, 5.74) is 5.93. The summed E-state index contributed by atoms with van der Waals surface area (Å²) in [5, 5.41) is 3.18. The van der Waals surface area contributed by atoms with Crippen molar-refractivity contribution in [3.63, 3.8) is 0 Å². The summed E-state index contributed by atoms with van der Waals surface area (Å²) < 4.78 is 0. The van der Waals surface area contributed by atoms with E-state index in [-0.39, 0.29) is 29.7 Å². The third-order valence-corrected chi connectivity index (χ3v) is 5.38. The average molecular weight is 309 g/mol. The SMILES string of the molecule is CN(C)C(=O)C1CCCC(NC(=O)C2CCCCC2(C)N)C1. The number of nitrogens with two attached hydrogens (primary N) is 1. The Kier molecular flexibility index (Phi) is 5.48. The van der Waals surface area contributed by atoms with Gasteiger partial charge < -0.3 is 16.0 Å². The van der Waals surface area contributed by atoms with Crippen molar-refractivity contribution in [1.29, 1.82) is 0 Å². The zero-order chi connectivity index (χ0) is 16.3. The fraction of sp³-hybridized carbons (Fsp3) is 0.882. The first-order chi connectivity index (χ1) is 10.3. The van der Waals surface area contributed by atoms with Gasteiger partial charge in [0.2, 0.25) is 11.8 Å². The predicted octanol–water partition coefficient (Wildman–Crippen LogP) is 1.66. The van der Waals surface area contributed by atoms with Crippen LogP contribution in [0.25, 0.3) is 0 Å². The minimum absolute atomic E-state index is 0.0460. The fourth-order valence-corrected chi connectivity index (χ4v) is 4.00. The number of carbonyl (C=O) groups excluding carboxylic acids is 2. The molecule has 22 heavy (non-hydrogen) atoms. The van der Waals surface area contributed by atoms with E-state index >= 15 is 0 Å². The predicted molar refractivity (Wildman–Crippen MR) is 87.1 cm³/mol. The minimum atomic E-state index is -0.393.